The zero-order valence-corrected chi connectivity index (χ0v) is 59.0. The van der Waals surface area contributed by atoms with E-state index in [9.17, 15) is 19.8 Å². The molecule has 514 valence electrons. The summed E-state index contributed by atoms with van der Waals surface area (Å²) in [5, 5.41) is 23.3. The molecule has 3 N–H and O–H groups in total. The molecule has 0 aromatic carbocycles. The first-order valence-corrected chi connectivity index (χ1v) is 39.8. The molecular weight excluding hydrogens is 1070 g/mol. The molecule has 0 bridgehead atoms. The lowest BCUT2D eigenvalue weighted by Crippen LogP contribution is -2.45. The van der Waals surface area contributed by atoms with Crippen LogP contribution in [0, 0.1) is 0 Å². The van der Waals surface area contributed by atoms with E-state index in [4.69, 9.17) is 4.74 Å². The van der Waals surface area contributed by atoms with Crippen molar-refractivity contribution in [2.75, 3.05) is 13.2 Å². The number of carbonyl (C=O) groups excluding carboxylic acids is 2. The summed E-state index contributed by atoms with van der Waals surface area (Å²) in [6.07, 6.45) is 99.7. The van der Waals surface area contributed by atoms with E-state index in [-0.39, 0.29) is 18.5 Å². The molecule has 0 spiro atoms. The average molecular weight is 1220 g/mol. The number of aliphatic hydroxyl groups excluding tert-OH is 2. The second-order valence-electron chi connectivity index (χ2n) is 27.4. The second kappa shape index (κ2) is 76.5. The first-order chi connectivity index (χ1) is 43.0. The highest BCUT2D eigenvalue weighted by atomic mass is 16.5. The SMILES string of the molecule is CCCCCCCC/C=C\CCCCCCCCCCCC(=O)OCCCCCCCCCCCCCC/C=C\CCCCCCCCCCCCCCC(=O)NC(CO)C(O)/C=C/CCCCCCCCCCCCCCCCCCCCCCC. The molecule has 0 saturated carbocycles. The van der Waals surface area contributed by atoms with Crippen LogP contribution in [0.2, 0.25) is 0 Å². The predicted octanol–water partition coefficient (Wildman–Crippen LogP) is 26.2. The van der Waals surface area contributed by atoms with Gasteiger partial charge in [0.25, 0.3) is 0 Å². The Morgan fingerprint density at radius 2 is 0.540 bits per heavy atom. The zero-order chi connectivity index (χ0) is 62.8. The minimum Gasteiger partial charge on any atom is -0.466 e. The number of ether oxygens (including phenoxy) is 1. The van der Waals surface area contributed by atoms with Crippen molar-refractivity contribution in [3.63, 3.8) is 0 Å². The lowest BCUT2D eigenvalue weighted by molar-refractivity contribution is -0.143. The summed E-state index contributed by atoms with van der Waals surface area (Å²) in [5.74, 6) is -0.0473. The summed E-state index contributed by atoms with van der Waals surface area (Å²) in [5.41, 5.74) is 0. The van der Waals surface area contributed by atoms with Gasteiger partial charge in [-0.05, 0) is 83.5 Å². The van der Waals surface area contributed by atoms with Gasteiger partial charge in [-0.2, -0.15) is 0 Å². The molecule has 0 heterocycles. The number of carbonyl (C=O) groups is 2. The number of unbranched alkanes of at least 4 members (excludes halogenated alkanes) is 60. The van der Waals surface area contributed by atoms with Crippen LogP contribution in [0.15, 0.2) is 36.5 Å². The fraction of sp³-hybridized carbons (Fsp3) is 0.901. The molecule has 6 heteroatoms. The Morgan fingerprint density at radius 3 is 0.816 bits per heavy atom. The lowest BCUT2D eigenvalue weighted by Gasteiger charge is -2.20. The number of nitrogens with one attached hydrogen (secondary N) is 1. The fourth-order valence-corrected chi connectivity index (χ4v) is 12.6. The highest BCUT2D eigenvalue weighted by Crippen LogP contribution is 2.19. The number of hydrogen-bond acceptors (Lipinski definition) is 5. The van der Waals surface area contributed by atoms with Crippen molar-refractivity contribution in [1.82, 2.24) is 5.32 Å². The van der Waals surface area contributed by atoms with Crippen LogP contribution in [0.4, 0.5) is 0 Å². The fourth-order valence-electron chi connectivity index (χ4n) is 12.6. The summed E-state index contributed by atoms with van der Waals surface area (Å²) in [7, 11) is 0. The molecule has 0 fully saturated rings. The number of amides is 1. The molecule has 0 rings (SSSR count). The van der Waals surface area contributed by atoms with Crippen molar-refractivity contribution in [1.29, 1.82) is 0 Å². The van der Waals surface area contributed by atoms with Crippen LogP contribution in [0.1, 0.15) is 444 Å². The second-order valence-corrected chi connectivity index (χ2v) is 27.4. The minimum absolute atomic E-state index is 0.0160. The molecule has 0 aliphatic rings. The molecule has 0 aromatic heterocycles. The maximum atomic E-state index is 12.5. The summed E-state index contributed by atoms with van der Waals surface area (Å²) in [4.78, 5) is 24.7. The third-order valence-corrected chi connectivity index (χ3v) is 18.6. The highest BCUT2D eigenvalue weighted by molar-refractivity contribution is 5.76. The van der Waals surface area contributed by atoms with Gasteiger partial charge in [0.15, 0.2) is 0 Å². The molecule has 0 radical (unpaired) electrons. The molecule has 1 amide bonds. The third-order valence-electron chi connectivity index (χ3n) is 18.6. The van der Waals surface area contributed by atoms with Gasteiger partial charge in [0.05, 0.1) is 25.4 Å². The molecule has 0 aliphatic carbocycles. The molecule has 0 aliphatic heterocycles. The van der Waals surface area contributed by atoms with Crippen LogP contribution in [0.5, 0.6) is 0 Å². The number of allylic oxidation sites excluding steroid dienone is 5. The van der Waals surface area contributed by atoms with Gasteiger partial charge in [-0.25, -0.2) is 0 Å². The van der Waals surface area contributed by atoms with Crippen LogP contribution in [0.25, 0.3) is 0 Å². The monoisotopic (exact) mass is 1220 g/mol. The van der Waals surface area contributed by atoms with Crippen LogP contribution >= 0.6 is 0 Å². The molecular formula is C81H155NO5. The smallest absolute Gasteiger partial charge is 0.305 e. The van der Waals surface area contributed by atoms with Crippen molar-refractivity contribution in [3.8, 4) is 0 Å². The molecule has 87 heavy (non-hydrogen) atoms. The van der Waals surface area contributed by atoms with Crippen LogP contribution in [0.3, 0.4) is 0 Å². The zero-order valence-electron chi connectivity index (χ0n) is 59.0. The summed E-state index contributed by atoms with van der Waals surface area (Å²) < 4.78 is 5.51. The van der Waals surface area contributed by atoms with E-state index in [1.54, 1.807) is 6.08 Å². The van der Waals surface area contributed by atoms with E-state index >= 15 is 0 Å². The van der Waals surface area contributed by atoms with Crippen molar-refractivity contribution < 1.29 is 24.5 Å². The van der Waals surface area contributed by atoms with Gasteiger partial charge in [0.2, 0.25) is 5.91 Å². The first kappa shape index (κ1) is 85.1. The van der Waals surface area contributed by atoms with E-state index in [0.29, 0.717) is 19.4 Å². The normalized spacial score (nSPS) is 12.6. The third kappa shape index (κ3) is 73.0. The number of hydrogen-bond donors (Lipinski definition) is 3. The summed E-state index contributed by atoms with van der Waals surface area (Å²) in [6.45, 7) is 4.95. The van der Waals surface area contributed by atoms with Crippen molar-refractivity contribution >= 4 is 11.9 Å². The average Bonchev–Trinajstić information content (AvgIpc) is 3.52. The van der Waals surface area contributed by atoms with Crippen molar-refractivity contribution in [3.05, 3.63) is 36.5 Å². The quantitative estimate of drug-likeness (QED) is 0.0320. The van der Waals surface area contributed by atoms with Gasteiger partial charge in [0.1, 0.15) is 0 Å². The Bertz CT molecular complexity index is 1410. The minimum atomic E-state index is -0.846. The highest BCUT2D eigenvalue weighted by Gasteiger charge is 2.18. The molecule has 2 atom stereocenters. The Labute approximate surface area is 544 Å². The van der Waals surface area contributed by atoms with Crippen LogP contribution in [-0.4, -0.2) is 47.4 Å². The number of esters is 1. The Kier molecular flexibility index (Phi) is 74.8. The Hall–Kier alpha value is -1.92. The maximum Gasteiger partial charge on any atom is 0.305 e. The molecule has 0 saturated heterocycles. The topological polar surface area (TPSA) is 95.9 Å². The van der Waals surface area contributed by atoms with E-state index < -0.39 is 12.1 Å². The van der Waals surface area contributed by atoms with Gasteiger partial charge in [0, 0.05) is 12.8 Å². The molecule has 2 unspecified atom stereocenters. The van der Waals surface area contributed by atoms with E-state index in [1.807, 2.05) is 6.08 Å². The van der Waals surface area contributed by atoms with Crippen LogP contribution in [-0.2, 0) is 14.3 Å². The Balaban J connectivity index is 3.39. The number of aliphatic hydroxyl groups is 2. The van der Waals surface area contributed by atoms with Gasteiger partial charge in [-0.1, -0.05) is 384 Å². The van der Waals surface area contributed by atoms with Gasteiger partial charge < -0.3 is 20.3 Å². The summed E-state index contributed by atoms with van der Waals surface area (Å²) >= 11 is 0. The lowest BCUT2D eigenvalue weighted by atomic mass is 10.0. The van der Waals surface area contributed by atoms with E-state index in [0.717, 1.165) is 38.5 Å². The van der Waals surface area contributed by atoms with E-state index in [1.165, 1.54) is 379 Å². The summed E-state index contributed by atoms with van der Waals surface area (Å²) in [6, 6.07) is -0.630. The predicted molar refractivity (Wildman–Crippen MR) is 384 cm³/mol. The molecule has 0 aromatic rings. The van der Waals surface area contributed by atoms with Gasteiger partial charge in [-0.3, -0.25) is 9.59 Å². The molecule has 6 nitrogen and oxygen atoms in total. The van der Waals surface area contributed by atoms with Gasteiger partial charge >= 0.3 is 5.97 Å². The van der Waals surface area contributed by atoms with E-state index in [2.05, 4.69) is 43.5 Å². The first-order valence-electron chi connectivity index (χ1n) is 39.8. The largest absolute Gasteiger partial charge is 0.466 e. The maximum absolute atomic E-state index is 12.5. The van der Waals surface area contributed by atoms with Crippen molar-refractivity contribution in [2.24, 2.45) is 0 Å². The number of rotatable bonds is 75. The Morgan fingerprint density at radius 1 is 0.310 bits per heavy atom. The van der Waals surface area contributed by atoms with Gasteiger partial charge in [-0.15, -0.1) is 0 Å². The van der Waals surface area contributed by atoms with Crippen molar-refractivity contribution in [2.45, 2.75) is 456 Å². The van der Waals surface area contributed by atoms with Crippen LogP contribution < -0.4 is 5.32 Å². The standard InChI is InChI=1S/C81H155NO5/c1-3-5-7-9-11-13-15-17-19-21-23-24-31-34-38-41-45-49-53-57-61-65-69-73-79(84)78(77-83)82-80(85)74-70-66-62-58-54-50-46-42-39-35-32-29-27-25-26-28-30-33-36-40-44-48-52-56-60-64-68-72-76-87-81(86)75-71-67-63-59-55-51-47-43-37-22-20-18-16-14-12-10-8-6-4-2/h18,20,25-26,69,73,78-79,83-84H,3-17,19,21-24,27-68,70-72,74-77H2,1-2H3,(H,82,85)/b20-18-,26-25-,73-69+.